The second-order valence-electron chi connectivity index (χ2n) is 8.76. The zero-order valence-corrected chi connectivity index (χ0v) is 21.6. The number of carbonyl (C=O) groups is 1. The van der Waals surface area contributed by atoms with Crippen LogP contribution in [0, 0.1) is 11.7 Å². The molecule has 3 aromatic heterocycles. The number of aromatic carboxylic acids is 1. The monoisotopic (exact) mass is 525 g/mol. The number of carboxylic acids is 1. The molecule has 0 saturated heterocycles. The number of thiazole rings is 1. The van der Waals surface area contributed by atoms with E-state index in [0.29, 0.717) is 53.3 Å². The van der Waals surface area contributed by atoms with Crippen LogP contribution in [-0.4, -0.2) is 41.4 Å². The number of nitrogens with zero attached hydrogens (tertiary/aromatic N) is 2. The van der Waals surface area contributed by atoms with E-state index in [2.05, 4.69) is 24.1 Å². The summed E-state index contributed by atoms with van der Waals surface area (Å²) in [4.78, 5) is 21.9. The highest BCUT2D eigenvalue weighted by molar-refractivity contribution is 7.16. The quantitative estimate of drug-likeness (QED) is 0.198. The van der Waals surface area contributed by atoms with Crippen LogP contribution < -0.4 is 10.1 Å². The molecule has 4 rings (SSSR count). The number of rotatable bonds is 12. The number of nitrogens with one attached hydrogen (secondary N) is 1. The molecule has 1 aromatic carbocycles. The summed E-state index contributed by atoms with van der Waals surface area (Å²) in [5.41, 5.74) is 1.78. The third kappa shape index (κ3) is 6.52. The van der Waals surface area contributed by atoms with Gasteiger partial charge in [0.05, 0.1) is 18.6 Å². The molecule has 10 heteroatoms. The maximum absolute atomic E-state index is 14.8. The molecule has 0 amide bonds. The normalized spacial score (nSPS) is 11.2. The second kappa shape index (κ2) is 12.0. The van der Waals surface area contributed by atoms with Crippen molar-refractivity contribution < 1.29 is 28.2 Å². The van der Waals surface area contributed by atoms with E-state index in [1.807, 2.05) is 0 Å². The molecule has 194 valence electrons. The van der Waals surface area contributed by atoms with Gasteiger partial charge < -0.3 is 24.3 Å². The molecule has 0 aliphatic carbocycles. The smallest absolute Gasteiger partial charge is 0.339 e. The van der Waals surface area contributed by atoms with Gasteiger partial charge in [-0.05, 0) is 48.7 Å². The molecule has 0 aliphatic rings. The summed E-state index contributed by atoms with van der Waals surface area (Å²) < 4.78 is 30.7. The Balaban J connectivity index is 1.62. The zero-order valence-electron chi connectivity index (χ0n) is 20.8. The molecule has 0 fully saturated rings. The molecule has 0 saturated carbocycles. The molecule has 3 heterocycles. The first-order valence-electron chi connectivity index (χ1n) is 11.8. The van der Waals surface area contributed by atoms with Crippen molar-refractivity contribution in [1.29, 1.82) is 0 Å². The number of carboxylic acid groups (broad SMARTS) is 1. The first kappa shape index (κ1) is 26.3. The van der Waals surface area contributed by atoms with Crippen molar-refractivity contribution in [3.8, 4) is 28.3 Å². The highest BCUT2D eigenvalue weighted by Gasteiger charge is 2.20. The van der Waals surface area contributed by atoms with Gasteiger partial charge in [0, 0.05) is 42.3 Å². The van der Waals surface area contributed by atoms with Crippen molar-refractivity contribution in [2.45, 2.75) is 26.7 Å². The Morgan fingerprint density at radius 2 is 2.05 bits per heavy atom. The maximum Gasteiger partial charge on any atom is 0.339 e. The fraction of sp³-hybridized carbons (Fsp3) is 0.296. The van der Waals surface area contributed by atoms with Gasteiger partial charge in [0.2, 0.25) is 0 Å². The van der Waals surface area contributed by atoms with Gasteiger partial charge in [-0.3, -0.25) is 0 Å². The highest BCUT2D eigenvalue weighted by Crippen LogP contribution is 2.36. The molecule has 0 spiro atoms. The van der Waals surface area contributed by atoms with Crippen molar-refractivity contribution in [2.24, 2.45) is 5.92 Å². The summed E-state index contributed by atoms with van der Waals surface area (Å²) in [6, 6.07) is 9.74. The van der Waals surface area contributed by atoms with Gasteiger partial charge in [-0.15, -0.1) is 11.3 Å². The van der Waals surface area contributed by atoms with Crippen LogP contribution in [0.4, 0.5) is 15.3 Å². The summed E-state index contributed by atoms with van der Waals surface area (Å²) in [6.45, 7) is 5.07. The highest BCUT2D eigenvalue weighted by atomic mass is 32.1. The molecule has 0 unspecified atom stereocenters. The Labute approximate surface area is 218 Å². The lowest BCUT2D eigenvalue weighted by molar-refractivity contribution is 0.0697. The molecule has 0 bridgehead atoms. The van der Waals surface area contributed by atoms with Crippen LogP contribution in [0.2, 0.25) is 0 Å². The topological polar surface area (TPSA) is 107 Å². The van der Waals surface area contributed by atoms with E-state index >= 15 is 0 Å². The second-order valence-corrected chi connectivity index (χ2v) is 9.84. The van der Waals surface area contributed by atoms with Crippen LogP contribution in [0.25, 0.3) is 22.6 Å². The van der Waals surface area contributed by atoms with Gasteiger partial charge in [0.15, 0.2) is 16.7 Å². The Morgan fingerprint density at radius 3 is 2.73 bits per heavy atom. The summed E-state index contributed by atoms with van der Waals surface area (Å²) in [5.74, 6) is -0.427. The number of hydrogen-bond acceptors (Lipinski definition) is 8. The van der Waals surface area contributed by atoms with Crippen molar-refractivity contribution in [2.75, 3.05) is 25.6 Å². The number of aromatic nitrogens is 2. The van der Waals surface area contributed by atoms with Gasteiger partial charge >= 0.3 is 5.97 Å². The molecule has 8 nitrogen and oxygen atoms in total. The van der Waals surface area contributed by atoms with Crippen molar-refractivity contribution >= 4 is 28.3 Å². The van der Waals surface area contributed by atoms with E-state index in [1.54, 1.807) is 31.4 Å². The Hall–Kier alpha value is -3.76. The molecule has 0 radical (unpaired) electrons. The predicted molar refractivity (Wildman–Crippen MR) is 140 cm³/mol. The zero-order chi connectivity index (χ0) is 26.4. The van der Waals surface area contributed by atoms with E-state index in [0.717, 1.165) is 11.3 Å². The third-order valence-electron chi connectivity index (χ3n) is 5.40. The molecular formula is C27H28FN3O5S. The number of ether oxygens (including phenoxy) is 2. The minimum absolute atomic E-state index is 0.0166. The maximum atomic E-state index is 14.8. The van der Waals surface area contributed by atoms with E-state index in [1.165, 1.54) is 35.9 Å². The van der Waals surface area contributed by atoms with E-state index in [-0.39, 0.29) is 17.1 Å². The molecule has 0 aliphatic heterocycles. The van der Waals surface area contributed by atoms with Crippen molar-refractivity contribution in [3.63, 3.8) is 0 Å². The number of furan rings is 1. The van der Waals surface area contributed by atoms with Crippen LogP contribution in [0.15, 0.2) is 53.3 Å². The predicted octanol–water partition coefficient (Wildman–Crippen LogP) is 6.66. The summed E-state index contributed by atoms with van der Waals surface area (Å²) in [6.07, 6.45) is 4.44. The first-order valence-corrected chi connectivity index (χ1v) is 12.6. The number of pyridine rings is 1. The minimum Gasteiger partial charge on any atom is -0.490 e. The van der Waals surface area contributed by atoms with Crippen molar-refractivity contribution in [3.05, 3.63) is 65.1 Å². The van der Waals surface area contributed by atoms with Crippen LogP contribution in [0.1, 0.15) is 35.5 Å². The molecule has 4 aromatic rings. The SMILES string of the molecule is COCCCOc1ccc(-c2nc(Nc3ncc(-c4ccco4)cc3C(=O)O)sc2CC(C)C)cc1F. The number of benzene rings is 1. The lowest BCUT2D eigenvalue weighted by Gasteiger charge is -2.09. The fourth-order valence-corrected chi connectivity index (χ4v) is 4.89. The molecule has 0 atom stereocenters. The Morgan fingerprint density at radius 1 is 1.22 bits per heavy atom. The summed E-state index contributed by atoms with van der Waals surface area (Å²) >= 11 is 1.39. The van der Waals surface area contributed by atoms with Gasteiger partial charge in [0.1, 0.15) is 17.1 Å². The minimum atomic E-state index is -1.13. The van der Waals surface area contributed by atoms with Crippen LogP contribution in [-0.2, 0) is 11.2 Å². The largest absolute Gasteiger partial charge is 0.490 e. The Bertz CT molecular complexity index is 1350. The lowest BCUT2D eigenvalue weighted by atomic mass is 10.0. The van der Waals surface area contributed by atoms with Crippen LogP contribution >= 0.6 is 11.3 Å². The Kier molecular flexibility index (Phi) is 8.52. The molecule has 2 N–H and O–H groups in total. The number of methoxy groups -OCH3 is 1. The van der Waals surface area contributed by atoms with E-state index < -0.39 is 11.8 Å². The van der Waals surface area contributed by atoms with Gasteiger partial charge in [-0.1, -0.05) is 13.8 Å². The average molecular weight is 526 g/mol. The van der Waals surface area contributed by atoms with Crippen LogP contribution in [0.3, 0.4) is 0 Å². The van der Waals surface area contributed by atoms with Gasteiger partial charge in [-0.2, -0.15) is 0 Å². The first-order chi connectivity index (χ1) is 17.9. The van der Waals surface area contributed by atoms with Crippen LogP contribution in [0.5, 0.6) is 5.75 Å². The standard InChI is InChI=1S/C27H28FN3O5S/c1-16(2)12-23-24(17-7-8-22(20(28)14-17)36-11-5-9-34-3)30-27(37-23)31-25-19(26(32)33)13-18(15-29-25)21-6-4-10-35-21/h4,6-8,10,13-16H,5,9,11-12H2,1-3H3,(H,32,33)(H,29,30,31). The number of hydrogen-bond donors (Lipinski definition) is 2. The lowest BCUT2D eigenvalue weighted by Crippen LogP contribution is -2.05. The fourth-order valence-electron chi connectivity index (χ4n) is 3.70. The third-order valence-corrected chi connectivity index (χ3v) is 6.39. The number of anilines is 2. The van der Waals surface area contributed by atoms with Gasteiger partial charge in [0.25, 0.3) is 0 Å². The molecular weight excluding hydrogens is 497 g/mol. The van der Waals surface area contributed by atoms with Crippen molar-refractivity contribution in [1.82, 2.24) is 9.97 Å². The summed E-state index contributed by atoms with van der Waals surface area (Å²) in [7, 11) is 1.61. The van der Waals surface area contributed by atoms with Gasteiger partial charge in [-0.25, -0.2) is 19.2 Å². The average Bonchev–Trinajstić information content (AvgIpc) is 3.53. The summed E-state index contributed by atoms with van der Waals surface area (Å²) in [5, 5.41) is 13.3. The van der Waals surface area contributed by atoms with E-state index in [4.69, 9.17) is 18.9 Å². The van der Waals surface area contributed by atoms with E-state index in [9.17, 15) is 14.3 Å². The molecule has 37 heavy (non-hydrogen) atoms. The number of halogens is 1.